The summed E-state index contributed by atoms with van der Waals surface area (Å²) in [6.45, 7) is 15.9. The number of hydrogen-bond acceptors (Lipinski definition) is 5. The van der Waals surface area contributed by atoms with Gasteiger partial charge >= 0.3 is 0 Å². The van der Waals surface area contributed by atoms with Crippen molar-refractivity contribution in [3.05, 3.63) is 81.1 Å². The van der Waals surface area contributed by atoms with Crippen molar-refractivity contribution in [3.8, 4) is 0 Å². The standard InChI is InChI=1S/C32H41BrN6O2/c1-7-38-29(40)19-26(30(38)25-10-8-9-21(2)17-25)31(41)36-13-15-37(16-14-36)32(5,6)28-20-39(35-34-28)23(4)24-11-12-27(33)22(3)18-24/h8-12,17-18,20,23,26,30H,7,13-16,19H2,1-6H3/t23-,26?,30?/m1/s1. The van der Waals surface area contributed by atoms with Gasteiger partial charge in [-0.2, -0.15) is 0 Å². The van der Waals surface area contributed by atoms with Crippen LogP contribution in [0.5, 0.6) is 0 Å². The number of likely N-dealkylation sites (tertiary alicyclic amines) is 1. The maximum Gasteiger partial charge on any atom is 0.228 e. The first-order valence-electron chi connectivity index (χ1n) is 14.6. The monoisotopic (exact) mass is 620 g/mol. The van der Waals surface area contributed by atoms with Gasteiger partial charge in [0.15, 0.2) is 0 Å². The average molecular weight is 622 g/mol. The Bertz CT molecular complexity index is 1430. The van der Waals surface area contributed by atoms with E-state index in [9.17, 15) is 9.59 Å². The van der Waals surface area contributed by atoms with Gasteiger partial charge in [-0.05, 0) is 64.3 Å². The number of nitrogens with zero attached hydrogens (tertiary/aromatic N) is 6. The molecular weight excluding hydrogens is 580 g/mol. The maximum absolute atomic E-state index is 13.9. The number of hydrogen-bond donors (Lipinski definition) is 0. The largest absolute Gasteiger partial charge is 0.340 e. The molecule has 2 saturated heterocycles. The lowest BCUT2D eigenvalue weighted by Crippen LogP contribution is -2.55. The van der Waals surface area contributed by atoms with E-state index >= 15 is 0 Å². The molecule has 3 heterocycles. The molecule has 0 saturated carbocycles. The van der Waals surface area contributed by atoms with Crippen LogP contribution in [-0.4, -0.2) is 74.2 Å². The molecule has 3 aromatic rings. The lowest BCUT2D eigenvalue weighted by atomic mass is 9.91. The van der Waals surface area contributed by atoms with Gasteiger partial charge in [0.2, 0.25) is 11.8 Å². The molecule has 41 heavy (non-hydrogen) atoms. The number of carbonyl (C=O) groups excluding carboxylic acids is 2. The third-order valence-electron chi connectivity index (χ3n) is 9.05. The topological polar surface area (TPSA) is 74.6 Å². The summed E-state index contributed by atoms with van der Waals surface area (Å²) in [5.41, 5.74) is 5.14. The van der Waals surface area contributed by atoms with Crippen molar-refractivity contribution in [2.24, 2.45) is 5.92 Å². The van der Waals surface area contributed by atoms with Gasteiger partial charge in [-0.3, -0.25) is 14.5 Å². The smallest absolute Gasteiger partial charge is 0.228 e. The summed E-state index contributed by atoms with van der Waals surface area (Å²) in [5.74, 6) is -0.206. The van der Waals surface area contributed by atoms with Crippen molar-refractivity contribution >= 4 is 27.7 Å². The third-order valence-corrected chi connectivity index (χ3v) is 9.94. The molecule has 0 radical (unpaired) electrons. The minimum Gasteiger partial charge on any atom is -0.340 e. The highest BCUT2D eigenvalue weighted by Gasteiger charge is 2.46. The van der Waals surface area contributed by atoms with Crippen LogP contribution >= 0.6 is 15.9 Å². The third kappa shape index (κ3) is 5.71. The second kappa shape index (κ2) is 11.7. The van der Waals surface area contributed by atoms with Crippen LogP contribution < -0.4 is 0 Å². The molecule has 0 spiro atoms. The molecule has 218 valence electrons. The Morgan fingerprint density at radius 3 is 2.49 bits per heavy atom. The fourth-order valence-corrected chi connectivity index (χ4v) is 6.61. The molecule has 2 unspecified atom stereocenters. The maximum atomic E-state index is 13.9. The lowest BCUT2D eigenvalue weighted by molar-refractivity contribution is -0.139. The highest BCUT2D eigenvalue weighted by atomic mass is 79.9. The first kappa shape index (κ1) is 29.5. The predicted molar refractivity (Wildman–Crippen MR) is 163 cm³/mol. The molecule has 2 fully saturated rings. The van der Waals surface area contributed by atoms with Gasteiger partial charge in [0.05, 0.1) is 29.7 Å². The van der Waals surface area contributed by atoms with E-state index < -0.39 is 0 Å². The number of carbonyl (C=O) groups is 2. The van der Waals surface area contributed by atoms with E-state index in [1.807, 2.05) is 33.5 Å². The highest BCUT2D eigenvalue weighted by Crippen LogP contribution is 2.40. The summed E-state index contributed by atoms with van der Waals surface area (Å²) < 4.78 is 3.03. The molecule has 0 aliphatic carbocycles. The lowest BCUT2D eigenvalue weighted by Gasteiger charge is -2.43. The van der Waals surface area contributed by atoms with E-state index in [2.05, 4.69) is 102 Å². The summed E-state index contributed by atoms with van der Waals surface area (Å²) in [4.78, 5) is 33.0. The van der Waals surface area contributed by atoms with Crippen LogP contribution in [0.1, 0.15) is 74.1 Å². The van der Waals surface area contributed by atoms with E-state index in [1.165, 1.54) is 11.1 Å². The van der Waals surface area contributed by atoms with Crippen LogP contribution in [-0.2, 0) is 15.1 Å². The molecule has 0 bridgehead atoms. The van der Waals surface area contributed by atoms with Crippen molar-refractivity contribution in [2.75, 3.05) is 32.7 Å². The Labute approximate surface area is 251 Å². The Balaban J connectivity index is 1.26. The number of piperazine rings is 1. The van der Waals surface area contributed by atoms with Crippen LogP contribution in [0, 0.1) is 19.8 Å². The number of halogens is 1. The summed E-state index contributed by atoms with van der Waals surface area (Å²) in [5, 5.41) is 9.08. The van der Waals surface area contributed by atoms with E-state index in [0.717, 1.165) is 34.4 Å². The van der Waals surface area contributed by atoms with Crippen molar-refractivity contribution in [2.45, 2.75) is 65.6 Å². The SMILES string of the molecule is CCN1C(=O)CC(C(=O)N2CCN(C(C)(C)c3cn([C@H](C)c4ccc(Br)c(C)c4)nn3)CC2)C1c1cccc(C)c1. The molecule has 2 amide bonds. The van der Waals surface area contributed by atoms with Crippen molar-refractivity contribution in [1.29, 1.82) is 0 Å². The van der Waals surface area contributed by atoms with Gasteiger partial charge in [0.25, 0.3) is 0 Å². The summed E-state index contributed by atoms with van der Waals surface area (Å²) >= 11 is 3.58. The number of aryl methyl sites for hydroxylation is 2. The fraction of sp³-hybridized carbons (Fsp3) is 0.500. The number of amides is 2. The second-order valence-electron chi connectivity index (χ2n) is 12.0. The molecule has 3 atom stereocenters. The van der Waals surface area contributed by atoms with Gasteiger partial charge in [-0.25, -0.2) is 4.68 Å². The molecular formula is C32H41BrN6O2. The summed E-state index contributed by atoms with van der Waals surface area (Å²) in [6, 6.07) is 14.4. The van der Waals surface area contributed by atoms with Crippen LogP contribution in [0.15, 0.2) is 53.1 Å². The minimum atomic E-state index is -0.354. The second-order valence-corrected chi connectivity index (χ2v) is 12.8. The molecule has 5 rings (SSSR count). The molecule has 0 N–H and O–H groups in total. The Morgan fingerprint density at radius 2 is 1.83 bits per heavy atom. The minimum absolute atomic E-state index is 0.0616. The van der Waals surface area contributed by atoms with E-state index in [4.69, 9.17) is 0 Å². The van der Waals surface area contributed by atoms with Crippen molar-refractivity contribution in [1.82, 2.24) is 29.7 Å². The molecule has 2 aromatic carbocycles. The van der Waals surface area contributed by atoms with Gasteiger partial charge in [0, 0.05) is 43.6 Å². The summed E-state index contributed by atoms with van der Waals surface area (Å²) in [7, 11) is 0. The predicted octanol–water partition coefficient (Wildman–Crippen LogP) is 5.26. The average Bonchev–Trinajstić information content (AvgIpc) is 3.59. The van der Waals surface area contributed by atoms with Crippen molar-refractivity contribution in [3.63, 3.8) is 0 Å². The molecule has 2 aliphatic rings. The van der Waals surface area contributed by atoms with Gasteiger partial charge in [-0.15, -0.1) is 5.10 Å². The van der Waals surface area contributed by atoms with Crippen LogP contribution in [0.3, 0.4) is 0 Å². The van der Waals surface area contributed by atoms with Crippen LogP contribution in [0.25, 0.3) is 0 Å². The quantitative estimate of drug-likeness (QED) is 0.360. The van der Waals surface area contributed by atoms with Crippen LogP contribution in [0.4, 0.5) is 0 Å². The van der Waals surface area contributed by atoms with E-state index in [1.54, 1.807) is 0 Å². The zero-order chi connectivity index (χ0) is 29.5. The van der Waals surface area contributed by atoms with Gasteiger partial charge in [-0.1, -0.05) is 63.1 Å². The van der Waals surface area contributed by atoms with Gasteiger partial charge in [0.1, 0.15) is 5.69 Å². The molecule has 9 heteroatoms. The van der Waals surface area contributed by atoms with E-state index in [0.29, 0.717) is 19.6 Å². The first-order valence-corrected chi connectivity index (χ1v) is 15.4. The molecule has 8 nitrogen and oxygen atoms in total. The fourth-order valence-electron chi connectivity index (χ4n) is 6.36. The zero-order valence-electron chi connectivity index (χ0n) is 25.0. The van der Waals surface area contributed by atoms with Crippen molar-refractivity contribution < 1.29 is 9.59 Å². The Kier molecular flexibility index (Phi) is 8.39. The first-order chi connectivity index (χ1) is 19.5. The van der Waals surface area contributed by atoms with Crippen LogP contribution in [0.2, 0.25) is 0 Å². The Morgan fingerprint density at radius 1 is 1.10 bits per heavy atom. The highest BCUT2D eigenvalue weighted by molar-refractivity contribution is 9.10. The Hall–Kier alpha value is -3.04. The number of rotatable bonds is 7. The number of benzene rings is 2. The summed E-state index contributed by atoms with van der Waals surface area (Å²) in [6.07, 6.45) is 2.33. The number of aromatic nitrogens is 3. The normalized spacial score (nSPS) is 21.0. The zero-order valence-corrected chi connectivity index (χ0v) is 26.6. The van der Waals surface area contributed by atoms with Gasteiger partial charge < -0.3 is 9.80 Å². The molecule has 1 aromatic heterocycles. The molecule has 2 aliphatic heterocycles. The van der Waals surface area contributed by atoms with E-state index in [-0.39, 0.29) is 41.8 Å².